The summed E-state index contributed by atoms with van der Waals surface area (Å²) in [5, 5.41) is 0. The zero-order valence-electron chi connectivity index (χ0n) is 13.2. The smallest absolute Gasteiger partial charge is 0.243 e. The molecule has 2 heterocycles. The van der Waals surface area contributed by atoms with Crippen LogP contribution in [0, 0.1) is 0 Å². The van der Waals surface area contributed by atoms with Crippen LogP contribution in [-0.4, -0.2) is 48.9 Å². The molecule has 1 aliphatic carbocycles. The van der Waals surface area contributed by atoms with Gasteiger partial charge in [-0.3, -0.25) is 0 Å². The first-order chi connectivity index (χ1) is 11.7. The third-order valence-corrected chi connectivity index (χ3v) is 6.37. The fourth-order valence-electron chi connectivity index (χ4n) is 3.18. The van der Waals surface area contributed by atoms with Crippen LogP contribution in [0.5, 0.6) is 0 Å². The minimum Gasteiger partial charge on any atom is -0.353 e. The molecule has 2 aliphatic rings. The first-order valence-electron chi connectivity index (χ1n) is 7.97. The second-order valence-electron chi connectivity index (χ2n) is 5.87. The van der Waals surface area contributed by atoms with E-state index in [1.165, 1.54) is 0 Å². The highest BCUT2D eigenvalue weighted by Crippen LogP contribution is 2.27. The Labute approximate surface area is 141 Å². The van der Waals surface area contributed by atoms with Gasteiger partial charge in [0.15, 0.2) is 0 Å². The topological polar surface area (TPSA) is 66.4 Å². The second kappa shape index (κ2) is 5.99. The quantitative estimate of drug-likeness (QED) is 0.847. The fraction of sp³-hybridized carbons (Fsp3) is 0.294. The van der Waals surface area contributed by atoms with Crippen molar-refractivity contribution in [1.29, 1.82) is 0 Å². The normalized spacial score (nSPS) is 17.9. The first-order valence-corrected chi connectivity index (χ1v) is 9.41. The van der Waals surface area contributed by atoms with Gasteiger partial charge in [-0.2, -0.15) is 4.31 Å². The van der Waals surface area contributed by atoms with Crippen molar-refractivity contribution >= 4 is 21.9 Å². The molecule has 0 amide bonds. The van der Waals surface area contributed by atoms with E-state index >= 15 is 0 Å². The summed E-state index contributed by atoms with van der Waals surface area (Å²) in [7, 11) is -3.42. The van der Waals surface area contributed by atoms with Gasteiger partial charge in [0.2, 0.25) is 10.0 Å². The van der Waals surface area contributed by atoms with Gasteiger partial charge in [-0.15, -0.1) is 0 Å². The van der Waals surface area contributed by atoms with E-state index in [4.69, 9.17) is 0 Å². The summed E-state index contributed by atoms with van der Waals surface area (Å²) in [6.45, 7) is 2.17. The van der Waals surface area contributed by atoms with Gasteiger partial charge in [0.05, 0.1) is 10.6 Å². The molecule has 1 saturated heterocycles. The van der Waals surface area contributed by atoms with Gasteiger partial charge >= 0.3 is 0 Å². The van der Waals surface area contributed by atoms with Crippen molar-refractivity contribution in [2.75, 3.05) is 31.1 Å². The Bertz CT molecular complexity index is 873. The number of fused-ring (bicyclic) bond motifs is 1. The van der Waals surface area contributed by atoms with E-state index in [1.807, 2.05) is 6.07 Å². The highest BCUT2D eigenvalue weighted by molar-refractivity contribution is 7.89. The highest BCUT2D eigenvalue weighted by atomic mass is 32.2. The lowest BCUT2D eigenvalue weighted by Crippen LogP contribution is -2.49. The molecule has 0 spiro atoms. The Kier molecular flexibility index (Phi) is 3.82. The lowest BCUT2D eigenvalue weighted by Gasteiger charge is -2.35. The van der Waals surface area contributed by atoms with Crippen molar-refractivity contribution in [3.8, 4) is 0 Å². The third kappa shape index (κ3) is 2.59. The number of hydrogen-bond donors (Lipinski definition) is 0. The van der Waals surface area contributed by atoms with Crippen LogP contribution in [0.4, 0.5) is 5.82 Å². The number of nitrogens with zero attached hydrogens (tertiary/aromatic N) is 4. The Hall–Kier alpha value is -2.25. The number of benzene rings is 1. The van der Waals surface area contributed by atoms with Crippen LogP contribution >= 0.6 is 0 Å². The minimum atomic E-state index is -3.42. The summed E-state index contributed by atoms with van der Waals surface area (Å²) < 4.78 is 26.9. The molecule has 0 N–H and O–H groups in total. The molecule has 0 unspecified atom stereocenters. The molecule has 0 saturated carbocycles. The van der Waals surface area contributed by atoms with Crippen molar-refractivity contribution in [2.45, 2.75) is 11.3 Å². The molecule has 0 radical (unpaired) electrons. The standard InChI is InChI=1S/C17H18N4O2S/c22-24(23,14-5-2-1-3-6-14)21-11-9-20(10-12-21)17-15-7-4-8-16(15)18-13-19-17/h1-7,13H,8-12H2. The van der Waals surface area contributed by atoms with Crippen molar-refractivity contribution in [1.82, 2.24) is 14.3 Å². The lowest BCUT2D eigenvalue weighted by atomic mass is 10.2. The summed E-state index contributed by atoms with van der Waals surface area (Å²) in [6.07, 6.45) is 6.57. The maximum atomic E-state index is 12.7. The Morgan fingerprint density at radius 3 is 2.46 bits per heavy atom. The predicted octanol–water partition coefficient (Wildman–Crippen LogP) is 1.56. The summed E-state index contributed by atoms with van der Waals surface area (Å²) in [4.78, 5) is 11.2. The van der Waals surface area contributed by atoms with Crippen molar-refractivity contribution in [3.05, 3.63) is 54.0 Å². The van der Waals surface area contributed by atoms with Crippen LogP contribution in [-0.2, 0) is 16.4 Å². The van der Waals surface area contributed by atoms with Gasteiger partial charge in [-0.05, 0) is 12.1 Å². The molecule has 1 aliphatic heterocycles. The SMILES string of the molecule is O=S(=O)(c1ccccc1)N1CCN(c2ncnc3c2C=CC3)CC1. The summed E-state index contributed by atoms with van der Waals surface area (Å²) in [5.41, 5.74) is 2.11. The molecule has 124 valence electrons. The van der Waals surface area contributed by atoms with Crippen LogP contribution in [0.2, 0.25) is 0 Å². The summed E-state index contributed by atoms with van der Waals surface area (Å²) >= 11 is 0. The number of rotatable bonds is 3. The van der Waals surface area contributed by atoms with Crippen LogP contribution in [0.25, 0.3) is 6.08 Å². The van der Waals surface area contributed by atoms with Gasteiger partial charge in [0, 0.05) is 38.2 Å². The number of piperazine rings is 1. The molecule has 2 aromatic rings. The number of anilines is 1. The number of sulfonamides is 1. The molecule has 7 heteroatoms. The maximum absolute atomic E-state index is 12.7. The zero-order valence-corrected chi connectivity index (χ0v) is 14.0. The van der Waals surface area contributed by atoms with E-state index < -0.39 is 10.0 Å². The van der Waals surface area contributed by atoms with E-state index in [9.17, 15) is 8.42 Å². The van der Waals surface area contributed by atoms with E-state index in [1.54, 1.807) is 34.9 Å². The third-order valence-electron chi connectivity index (χ3n) is 4.46. The molecule has 0 bridgehead atoms. The van der Waals surface area contributed by atoms with Gasteiger partial charge in [0.25, 0.3) is 0 Å². The van der Waals surface area contributed by atoms with Gasteiger partial charge < -0.3 is 4.90 Å². The monoisotopic (exact) mass is 342 g/mol. The Morgan fingerprint density at radius 1 is 0.958 bits per heavy atom. The van der Waals surface area contributed by atoms with Crippen molar-refractivity contribution in [3.63, 3.8) is 0 Å². The largest absolute Gasteiger partial charge is 0.353 e. The molecule has 6 nitrogen and oxygen atoms in total. The highest BCUT2D eigenvalue weighted by Gasteiger charge is 2.29. The molecule has 1 aromatic heterocycles. The molecule has 0 atom stereocenters. The minimum absolute atomic E-state index is 0.351. The van der Waals surface area contributed by atoms with Gasteiger partial charge in [-0.1, -0.05) is 30.4 Å². The van der Waals surface area contributed by atoms with Crippen LogP contribution in [0.3, 0.4) is 0 Å². The summed E-state index contributed by atoms with van der Waals surface area (Å²) in [5.74, 6) is 0.908. The molecule has 1 aromatic carbocycles. The zero-order chi connectivity index (χ0) is 16.6. The van der Waals surface area contributed by atoms with Gasteiger partial charge in [-0.25, -0.2) is 18.4 Å². The van der Waals surface area contributed by atoms with Crippen molar-refractivity contribution in [2.24, 2.45) is 0 Å². The molecular weight excluding hydrogens is 324 g/mol. The van der Waals surface area contributed by atoms with Crippen LogP contribution in [0.15, 0.2) is 47.6 Å². The van der Waals surface area contributed by atoms with E-state index in [0.717, 1.165) is 23.5 Å². The Morgan fingerprint density at radius 2 is 1.71 bits per heavy atom. The number of hydrogen-bond acceptors (Lipinski definition) is 5. The van der Waals surface area contributed by atoms with E-state index in [-0.39, 0.29) is 0 Å². The summed E-state index contributed by atoms with van der Waals surface area (Å²) in [6, 6.07) is 8.60. The molecular formula is C17H18N4O2S. The predicted molar refractivity (Wildman–Crippen MR) is 92.2 cm³/mol. The molecule has 24 heavy (non-hydrogen) atoms. The van der Waals surface area contributed by atoms with Crippen molar-refractivity contribution < 1.29 is 8.42 Å². The number of allylic oxidation sites excluding steroid dienone is 1. The first kappa shape index (κ1) is 15.3. The average Bonchev–Trinajstić information content (AvgIpc) is 3.11. The van der Waals surface area contributed by atoms with E-state index in [2.05, 4.69) is 27.0 Å². The second-order valence-corrected chi connectivity index (χ2v) is 7.81. The lowest BCUT2D eigenvalue weighted by molar-refractivity contribution is 0.383. The fourth-order valence-corrected chi connectivity index (χ4v) is 4.62. The molecule has 1 fully saturated rings. The maximum Gasteiger partial charge on any atom is 0.243 e. The van der Waals surface area contributed by atoms with Crippen LogP contribution < -0.4 is 4.90 Å². The molecule has 4 rings (SSSR count). The Balaban J connectivity index is 1.52. The average molecular weight is 342 g/mol. The van der Waals surface area contributed by atoms with Gasteiger partial charge in [0.1, 0.15) is 12.1 Å². The van der Waals surface area contributed by atoms with Crippen LogP contribution in [0.1, 0.15) is 11.3 Å². The van der Waals surface area contributed by atoms with E-state index in [0.29, 0.717) is 31.1 Å². The number of aromatic nitrogens is 2.